The predicted octanol–water partition coefficient (Wildman–Crippen LogP) is 1.51. The van der Waals surface area contributed by atoms with Crippen LogP contribution in [0.2, 0.25) is 0 Å². The first-order chi connectivity index (χ1) is 10.1. The summed E-state index contributed by atoms with van der Waals surface area (Å²) in [5, 5.41) is 0. The Morgan fingerprint density at radius 1 is 1.14 bits per heavy atom. The molecule has 1 aliphatic heterocycles. The van der Waals surface area contributed by atoms with Gasteiger partial charge in [-0.2, -0.15) is 15.0 Å². The maximum Gasteiger partial charge on any atom is 0.231 e. The number of rotatable bonds is 3. The normalized spacial score (nSPS) is 18.0. The molecule has 0 spiro atoms. The van der Waals surface area contributed by atoms with Crippen LogP contribution in [0.1, 0.15) is 17.9 Å². The smallest absolute Gasteiger partial charge is 0.231 e. The maximum absolute atomic E-state index is 5.80. The van der Waals surface area contributed by atoms with Gasteiger partial charge in [0.25, 0.3) is 0 Å². The Morgan fingerprint density at radius 3 is 2.62 bits per heavy atom. The average molecular weight is 284 g/mol. The van der Waals surface area contributed by atoms with Crippen molar-refractivity contribution in [1.82, 2.24) is 15.0 Å². The van der Waals surface area contributed by atoms with Crippen LogP contribution in [0.3, 0.4) is 0 Å². The molecule has 0 amide bonds. The summed E-state index contributed by atoms with van der Waals surface area (Å²) in [5.74, 6) is 2.06. The van der Waals surface area contributed by atoms with Crippen molar-refractivity contribution in [2.45, 2.75) is 12.3 Å². The Hall–Kier alpha value is -2.37. The van der Waals surface area contributed by atoms with Crippen molar-refractivity contribution >= 4 is 17.8 Å². The summed E-state index contributed by atoms with van der Waals surface area (Å²) in [5.41, 5.74) is 7.17. The van der Waals surface area contributed by atoms with Crippen molar-refractivity contribution in [3.8, 4) is 0 Å². The first-order valence-electron chi connectivity index (χ1n) is 7.12. The number of aromatic nitrogens is 3. The summed E-state index contributed by atoms with van der Waals surface area (Å²) in [6, 6.07) is 10.6. The van der Waals surface area contributed by atoms with E-state index < -0.39 is 0 Å². The van der Waals surface area contributed by atoms with Gasteiger partial charge >= 0.3 is 0 Å². The van der Waals surface area contributed by atoms with Crippen LogP contribution in [0.5, 0.6) is 0 Å². The Bertz CT molecular complexity index is 613. The van der Waals surface area contributed by atoms with E-state index in [9.17, 15) is 0 Å². The van der Waals surface area contributed by atoms with Crippen LogP contribution in [0, 0.1) is 0 Å². The molecule has 6 nitrogen and oxygen atoms in total. The number of nitrogen functional groups attached to an aromatic ring is 1. The molecule has 1 unspecified atom stereocenters. The third-order valence-electron chi connectivity index (χ3n) is 3.77. The van der Waals surface area contributed by atoms with E-state index in [4.69, 9.17) is 5.73 Å². The van der Waals surface area contributed by atoms with Gasteiger partial charge < -0.3 is 15.5 Å². The van der Waals surface area contributed by atoms with Crippen molar-refractivity contribution in [2.75, 3.05) is 42.7 Å². The van der Waals surface area contributed by atoms with Crippen LogP contribution in [0.25, 0.3) is 0 Å². The highest BCUT2D eigenvalue weighted by Crippen LogP contribution is 2.29. The molecule has 110 valence electrons. The molecule has 0 bridgehead atoms. The highest BCUT2D eigenvalue weighted by molar-refractivity contribution is 5.44. The lowest BCUT2D eigenvalue weighted by atomic mass is 9.99. The Morgan fingerprint density at radius 2 is 1.90 bits per heavy atom. The number of nitrogens with zero attached hydrogens (tertiary/aromatic N) is 5. The number of anilines is 3. The van der Waals surface area contributed by atoms with E-state index in [-0.39, 0.29) is 5.95 Å². The summed E-state index contributed by atoms with van der Waals surface area (Å²) < 4.78 is 0. The van der Waals surface area contributed by atoms with Gasteiger partial charge in [0.15, 0.2) is 0 Å². The molecule has 3 rings (SSSR count). The Labute approximate surface area is 124 Å². The van der Waals surface area contributed by atoms with Gasteiger partial charge in [-0.1, -0.05) is 30.3 Å². The zero-order valence-electron chi connectivity index (χ0n) is 12.4. The fourth-order valence-electron chi connectivity index (χ4n) is 2.65. The predicted molar refractivity (Wildman–Crippen MR) is 84.6 cm³/mol. The highest BCUT2D eigenvalue weighted by Gasteiger charge is 2.26. The van der Waals surface area contributed by atoms with Crippen molar-refractivity contribution in [3.63, 3.8) is 0 Å². The zero-order valence-corrected chi connectivity index (χ0v) is 12.4. The van der Waals surface area contributed by atoms with Crippen LogP contribution in [0.15, 0.2) is 30.3 Å². The van der Waals surface area contributed by atoms with E-state index in [1.807, 2.05) is 25.1 Å². The number of hydrogen-bond acceptors (Lipinski definition) is 6. The third kappa shape index (κ3) is 2.89. The second kappa shape index (κ2) is 5.55. The topological polar surface area (TPSA) is 71.2 Å². The van der Waals surface area contributed by atoms with Crippen LogP contribution in [-0.4, -0.2) is 42.1 Å². The lowest BCUT2D eigenvalue weighted by molar-refractivity contribution is 0.772. The largest absolute Gasteiger partial charge is 0.368 e. The zero-order chi connectivity index (χ0) is 14.8. The molecule has 1 aromatic carbocycles. The first-order valence-corrected chi connectivity index (χ1v) is 7.12. The molecule has 2 heterocycles. The Balaban J connectivity index is 1.80. The molecule has 0 aliphatic carbocycles. The highest BCUT2D eigenvalue weighted by atomic mass is 15.3. The van der Waals surface area contributed by atoms with Crippen LogP contribution >= 0.6 is 0 Å². The summed E-state index contributed by atoms with van der Waals surface area (Å²) in [7, 11) is 3.80. The van der Waals surface area contributed by atoms with Crippen molar-refractivity contribution in [3.05, 3.63) is 35.9 Å². The summed E-state index contributed by atoms with van der Waals surface area (Å²) in [6.45, 7) is 1.86. The van der Waals surface area contributed by atoms with Crippen molar-refractivity contribution in [2.24, 2.45) is 0 Å². The monoisotopic (exact) mass is 284 g/mol. The molecule has 2 aromatic rings. The quantitative estimate of drug-likeness (QED) is 0.921. The van der Waals surface area contributed by atoms with Gasteiger partial charge in [0.05, 0.1) is 0 Å². The lowest BCUT2D eigenvalue weighted by Gasteiger charge is -2.19. The molecule has 0 saturated carbocycles. The van der Waals surface area contributed by atoms with Crippen LogP contribution in [-0.2, 0) is 0 Å². The molecule has 0 radical (unpaired) electrons. The first kappa shape index (κ1) is 13.6. The molecule has 1 aromatic heterocycles. The van der Waals surface area contributed by atoms with E-state index >= 15 is 0 Å². The molecule has 1 atom stereocenters. The minimum Gasteiger partial charge on any atom is -0.368 e. The minimum absolute atomic E-state index is 0.270. The van der Waals surface area contributed by atoms with Gasteiger partial charge in [-0.15, -0.1) is 0 Å². The summed E-state index contributed by atoms with van der Waals surface area (Å²) in [6.07, 6.45) is 1.10. The molecule has 1 fully saturated rings. The van der Waals surface area contributed by atoms with Crippen LogP contribution < -0.4 is 15.5 Å². The summed E-state index contributed by atoms with van der Waals surface area (Å²) in [4.78, 5) is 16.9. The molecule has 2 N–H and O–H groups in total. The molecule has 6 heteroatoms. The van der Waals surface area contributed by atoms with Gasteiger partial charge in [-0.05, 0) is 12.0 Å². The second-order valence-corrected chi connectivity index (χ2v) is 5.53. The average Bonchev–Trinajstić information content (AvgIpc) is 2.97. The molecule has 1 saturated heterocycles. The number of nitrogens with two attached hydrogens (primary N) is 1. The molecular formula is C15H20N6. The van der Waals surface area contributed by atoms with E-state index in [0.717, 1.165) is 19.5 Å². The number of hydrogen-bond donors (Lipinski definition) is 1. The van der Waals surface area contributed by atoms with Crippen molar-refractivity contribution in [1.29, 1.82) is 0 Å². The lowest BCUT2D eigenvalue weighted by Crippen LogP contribution is -2.24. The van der Waals surface area contributed by atoms with Gasteiger partial charge in [-0.3, -0.25) is 0 Å². The van der Waals surface area contributed by atoms with E-state index in [1.165, 1.54) is 5.56 Å². The van der Waals surface area contributed by atoms with Crippen LogP contribution in [0.4, 0.5) is 17.8 Å². The van der Waals surface area contributed by atoms with Crippen molar-refractivity contribution < 1.29 is 0 Å². The van der Waals surface area contributed by atoms with Gasteiger partial charge in [0, 0.05) is 33.1 Å². The standard InChI is InChI=1S/C15H20N6/c1-20(2)14-17-13(16)18-15(19-14)21-9-8-12(10-21)11-6-4-3-5-7-11/h3-7,12H,8-10H2,1-2H3,(H2,16,17,18,19). The number of benzene rings is 1. The maximum atomic E-state index is 5.80. The molecule has 1 aliphatic rings. The third-order valence-corrected chi connectivity index (χ3v) is 3.77. The fourth-order valence-corrected chi connectivity index (χ4v) is 2.65. The van der Waals surface area contributed by atoms with E-state index in [0.29, 0.717) is 17.8 Å². The fraction of sp³-hybridized carbons (Fsp3) is 0.400. The van der Waals surface area contributed by atoms with E-state index in [1.54, 1.807) is 0 Å². The summed E-state index contributed by atoms with van der Waals surface area (Å²) >= 11 is 0. The Kier molecular flexibility index (Phi) is 3.60. The van der Waals surface area contributed by atoms with Gasteiger partial charge in [0.2, 0.25) is 17.8 Å². The SMILES string of the molecule is CN(C)c1nc(N)nc(N2CCC(c3ccccc3)C2)n1. The minimum atomic E-state index is 0.270. The van der Waals surface area contributed by atoms with E-state index in [2.05, 4.69) is 44.1 Å². The van der Waals surface area contributed by atoms with Gasteiger partial charge in [-0.25, -0.2) is 0 Å². The second-order valence-electron chi connectivity index (χ2n) is 5.53. The molecular weight excluding hydrogens is 264 g/mol. The molecule has 21 heavy (non-hydrogen) atoms. The van der Waals surface area contributed by atoms with Gasteiger partial charge in [0.1, 0.15) is 0 Å².